The largest absolute Gasteiger partial charge is 0.486 e. The van der Waals surface area contributed by atoms with Gasteiger partial charge in [0.1, 0.15) is 12.4 Å². The summed E-state index contributed by atoms with van der Waals surface area (Å²) in [6, 6.07) is 9.29. The lowest BCUT2D eigenvalue weighted by Gasteiger charge is -2.04. The molecule has 0 amide bonds. The van der Waals surface area contributed by atoms with Gasteiger partial charge in [-0.05, 0) is 30.3 Å². The molecule has 0 saturated carbocycles. The van der Waals surface area contributed by atoms with Crippen LogP contribution in [0, 0.1) is 11.8 Å². The van der Waals surface area contributed by atoms with E-state index in [1.54, 1.807) is 18.5 Å². The van der Waals surface area contributed by atoms with Crippen molar-refractivity contribution < 1.29 is 4.74 Å². The molecule has 0 bridgehead atoms. The third kappa shape index (κ3) is 3.58. The van der Waals surface area contributed by atoms with Crippen LogP contribution >= 0.6 is 0 Å². The Balaban J connectivity index is 1.94. The number of nitrogens with zero attached hydrogens (tertiary/aromatic N) is 2. The first kappa shape index (κ1) is 12.1. The molecule has 2 N–H and O–H groups in total. The van der Waals surface area contributed by atoms with Gasteiger partial charge < -0.3 is 10.5 Å². The van der Waals surface area contributed by atoms with E-state index in [1.165, 1.54) is 0 Å². The van der Waals surface area contributed by atoms with Gasteiger partial charge in [-0.3, -0.25) is 0 Å². The molecule has 0 radical (unpaired) electrons. The highest BCUT2D eigenvalue weighted by Gasteiger charge is 1.97. The molecule has 0 spiro atoms. The minimum atomic E-state index is 0.356. The molecule has 0 fully saturated rings. The van der Waals surface area contributed by atoms with Crippen molar-refractivity contribution >= 4 is 0 Å². The van der Waals surface area contributed by atoms with Crippen LogP contribution < -0.4 is 10.5 Å². The highest BCUT2D eigenvalue weighted by Crippen LogP contribution is 2.12. The zero-order valence-corrected chi connectivity index (χ0v) is 9.84. The van der Waals surface area contributed by atoms with Crippen LogP contribution in [0.15, 0.2) is 42.7 Å². The molecule has 90 valence electrons. The summed E-state index contributed by atoms with van der Waals surface area (Å²) >= 11 is 0. The Bertz CT molecular complexity index is 541. The summed E-state index contributed by atoms with van der Waals surface area (Å²) in [5, 5.41) is 0. The number of benzene rings is 1. The van der Waals surface area contributed by atoms with Crippen LogP contribution in [0.4, 0.5) is 0 Å². The molecule has 2 aromatic rings. The molecule has 0 saturated heterocycles. The molecule has 18 heavy (non-hydrogen) atoms. The van der Waals surface area contributed by atoms with Crippen molar-refractivity contribution in [3.05, 3.63) is 54.1 Å². The lowest BCUT2D eigenvalue weighted by molar-refractivity contribution is 0.296. The second kappa shape index (κ2) is 6.38. The SMILES string of the molecule is NCC#Cc1ccc(OCc2ncccn2)cc1. The topological polar surface area (TPSA) is 61.0 Å². The highest BCUT2D eigenvalue weighted by molar-refractivity contribution is 5.38. The van der Waals surface area contributed by atoms with Crippen LogP contribution in [0.2, 0.25) is 0 Å². The van der Waals surface area contributed by atoms with Crippen molar-refractivity contribution in [3.8, 4) is 17.6 Å². The second-order valence-electron chi connectivity index (χ2n) is 3.48. The van der Waals surface area contributed by atoms with Crippen molar-refractivity contribution in [1.29, 1.82) is 0 Å². The van der Waals surface area contributed by atoms with Crippen LogP contribution in [0.25, 0.3) is 0 Å². The summed E-state index contributed by atoms with van der Waals surface area (Å²) < 4.78 is 5.55. The van der Waals surface area contributed by atoms with E-state index in [2.05, 4.69) is 21.8 Å². The predicted molar refractivity (Wildman–Crippen MR) is 68.7 cm³/mol. The van der Waals surface area contributed by atoms with Gasteiger partial charge in [0.2, 0.25) is 0 Å². The number of hydrogen-bond donors (Lipinski definition) is 1. The van der Waals surface area contributed by atoms with Gasteiger partial charge in [-0.25, -0.2) is 9.97 Å². The van der Waals surface area contributed by atoms with Gasteiger partial charge in [0.15, 0.2) is 5.82 Å². The Morgan fingerprint density at radius 2 is 1.83 bits per heavy atom. The van der Waals surface area contributed by atoms with E-state index in [0.717, 1.165) is 11.3 Å². The Labute approximate surface area is 106 Å². The quantitative estimate of drug-likeness (QED) is 0.822. The molecule has 0 aliphatic rings. The van der Waals surface area contributed by atoms with E-state index in [0.29, 0.717) is 19.0 Å². The average molecular weight is 239 g/mol. The van der Waals surface area contributed by atoms with E-state index in [4.69, 9.17) is 10.5 Å². The van der Waals surface area contributed by atoms with Gasteiger partial charge in [-0.1, -0.05) is 11.8 Å². The molecule has 4 heteroatoms. The minimum Gasteiger partial charge on any atom is -0.486 e. The molecule has 0 unspecified atom stereocenters. The lowest BCUT2D eigenvalue weighted by atomic mass is 10.2. The number of aromatic nitrogens is 2. The van der Waals surface area contributed by atoms with Crippen molar-refractivity contribution in [1.82, 2.24) is 9.97 Å². The maximum absolute atomic E-state index is 5.55. The van der Waals surface area contributed by atoms with E-state index < -0.39 is 0 Å². The number of nitrogens with two attached hydrogens (primary N) is 1. The first-order valence-electron chi connectivity index (χ1n) is 5.56. The van der Waals surface area contributed by atoms with Crippen molar-refractivity contribution in [2.45, 2.75) is 6.61 Å². The van der Waals surface area contributed by atoms with E-state index >= 15 is 0 Å². The number of rotatable bonds is 3. The smallest absolute Gasteiger partial charge is 0.166 e. The van der Waals surface area contributed by atoms with Gasteiger partial charge in [0.05, 0.1) is 6.54 Å². The molecule has 1 aromatic heterocycles. The highest BCUT2D eigenvalue weighted by atomic mass is 16.5. The summed E-state index contributed by atoms with van der Waals surface area (Å²) in [6.07, 6.45) is 3.38. The van der Waals surface area contributed by atoms with Gasteiger partial charge in [0, 0.05) is 18.0 Å². The Morgan fingerprint density at radius 3 is 2.50 bits per heavy atom. The maximum Gasteiger partial charge on any atom is 0.166 e. The normalized spacial score (nSPS) is 9.39. The Hall–Kier alpha value is -2.38. The van der Waals surface area contributed by atoms with E-state index in [1.807, 2.05) is 24.3 Å². The van der Waals surface area contributed by atoms with Crippen LogP contribution in [0.5, 0.6) is 5.75 Å². The van der Waals surface area contributed by atoms with Gasteiger partial charge >= 0.3 is 0 Å². The Kier molecular flexibility index (Phi) is 4.28. The second-order valence-corrected chi connectivity index (χ2v) is 3.48. The fourth-order valence-electron chi connectivity index (χ4n) is 1.34. The Morgan fingerprint density at radius 1 is 1.11 bits per heavy atom. The molecule has 1 heterocycles. The van der Waals surface area contributed by atoms with E-state index in [-0.39, 0.29) is 0 Å². The molecule has 2 rings (SSSR count). The van der Waals surface area contributed by atoms with Crippen molar-refractivity contribution in [2.75, 3.05) is 6.54 Å². The first-order chi connectivity index (χ1) is 8.88. The average Bonchev–Trinajstić information content (AvgIpc) is 2.45. The van der Waals surface area contributed by atoms with Crippen LogP contribution in [-0.4, -0.2) is 16.5 Å². The van der Waals surface area contributed by atoms with E-state index in [9.17, 15) is 0 Å². The predicted octanol–water partition coefficient (Wildman–Crippen LogP) is 1.37. The summed E-state index contributed by atoms with van der Waals surface area (Å²) in [4.78, 5) is 8.16. The van der Waals surface area contributed by atoms with Gasteiger partial charge in [-0.2, -0.15) is 0 Å². The molecule has 0 atom stereocenters. The van der Waals surface area contributed by atoms with Gasteiger partial charge in [0.25, 0.3) is 0 Å². The van der Waals surface area contributed by atoms with Crippen LogP contribution in [0.1, 0.15) is 11.4 Å². The van der Waals surface area contributed by atoms with Gasteiger partial charge in [-0.15, -0.1) is 0 Å². The van der Waals surface area contributed by atoms with Crippen molar-refractivity contribution in [2.24, 2.45) is 5.73 Å². The summed E-state index contributed by atoms with van der Waals surface area (Å²) in [5.74, 6) is 7.17. The summed E-state index contributed by atoms with van der Waals surface area (Å²) in [7, 11) is 0. The van der Waals surface area contributed by atoms with Crippen LogP contribution in [-0.2, 0) is 6.61 Å². The minimum absolute atomic E-state index is 0.356. The fourth-order valence-corrected chi connectivity index (χ4v) is 1.34. The molecule has 4 nitrogen and oxygen atoms in total. The molecule has 1 aromatic carbocycles. The summed E-state index contributed by atoms with van der Waals surface area (Å²) in [5.41, 5.74) is 6.23. The molecular weight excluding hydrogens is 226 g/mol. The van der Waals surface area contributed by atoms with Crippen molar-refractivity contribution in [3.63, 3.8) is 0 Å². The molecule has 0 aliphatic heterocycles. The molecule has 0 aliphatic carbocycles. The standard InChI is InChI=1S/C14H13N3O/c15-8-1-3-12-4-6-13(7-5-12)18-11-14-16-9-2-10-17-14/h2,4-7,9-10H,8,11,15H2. The lowest BCUT2D eigenvalue weighted by Crippen LogP contribution is -2.00. The van der Waals surface area contributed by atoms with Crippen LogP contribution in [0.3, 0.4) is 0 Å². The third-order valence-corrected chi connectivity index (χ3v) is 2.18. The maximum atomic E-state index is 5.55. The monoisotopic (exact) mass is 239 g/mol. The first-order valence-corrected chi connectivity index (χ1v) is 5.56. The zero-order chi connectivity index (χ0) is 12.6. The fraction of sp³-hybridized carbons (Fsp3) is 0.143. The third-order valence-electron chi connectivity index (χ3n) is 2.18. The molecular formula is C14H13N3O. The zero-order valence-electron chi connectivity index (χ0n) is 9.84. The number of hydrogen-bond acceptors (Lipinski definition) is 4. The summed E-state index contributed by atoms with van der Waals surface area (Å²) in [6.45, 7) is 0.720. The number of ether oxygens (including phenoxy) is 1.